The van der Waals surface area contributed by atoms with Crippen LogP contribution in [0, 0.1) is 5.92 Å². The van der Waals surface area contributed by atoms with Crippen molar-refractivity contribution in [3.05, 3.63) is 75.1 Å². The number of rotatable bonds is 6. The molecule has 1 saturated heterocycles. The van der Waals surface area contributed by atoms with Crippen molar-refractivity contribution < 1.29 is 21.6 Å². The van der Waals surface area contributed by atoms with E-state index in [1.807, 2.05) is 29.2 Å². The molecule has 2 aromatic rings. The summed E-state index contributed by atoms with van der Waals surface area (Å²) >= 11 is 0. The fourth-order valence-electron chi connectivity index (χ4n) is 4.95. The molecular formula is C27H31N5O5S2. The second-order valence-corrected chi connectivity index (χ2v) is 14.4. The zero-order valence-electron chi connectivity index (χ0n) is 21.9. The summed E-state index contributed by atoms with van der Waals surface area (Å²) in [5.74, 6) is 0.199. The third-order valence-electron chi connectivity index (χ3n) is 7.19. The fourth-order valence-corrected chi connectivity index (χ4v) is 7.23. The highest BCUT2D eigenvalue weighted by atomic mass is 32.2. The molecule has 1 fully saturated rings. The van der Waals surface area contributed by atoms with Crippen LogP contribution in [0.4, 0.5) is 5.82 Å². The summed E-state index contributed by atoms with van der Waals surface area (Å²) < 4.78 is 47.7. The Labute approximate surface area is 228 Å². The first kappa shape index (κ1) is 27.2. The Hall–Kier alpha value is -3.38. The van der Waals surface area contributed by atoms with Crippen molar-refractivity contribution in [2.45, 2.75) is 32.4 Å². The molecule has 0 spiro atoms. The summed E-state index contributed by atoms with van der Waals surface area (Å²) in [4.78, 5) is 29.1. The van der Waals surface area contributed by atoms with Crippen molar-refractivity contribution in [3.8, 4) is 0 Å². The number of fused-ring (bicyclic) bond motifs is 1. The quantitative estimate of drug-likeness (QED) is 0.538. The van der Waals surface area contributed by atoms with Crippen LogP contribution in [0.3, 0.4) is 0 Å². The molecule has 2 aliphatic heterocycles. The average Bonchev–Trinajstić information content (AvgIpc) is 2.91. The van der Waals surface area contributed by atoms with Gasteiger partial charge in [0.15, 0.2) is 19.7 Å². The molecule has 4 heterocycles. The summed E-state index contributed by atoms with van der Waals surface area (Å²) in [6.45, 7) is 2.79. The highest BCUT2D eigenvalue weighted by molar-refractivity contribution is 7.94. The lowest BCUT2D eigenvalue weighted by molar-refractivity contribution is -0.123. The maximum Gasteiger partial charge on any atom is 0.227 e. The molecule has 0 aromatic carbocycles. The average molecular weight is 570 g/mol. The molecule has 2 unspecified atom stereocenters. The summed E-state index contributed by atoms with van der Waals surface area (Å²) in [7, 11) is -6.38. The molecule has 206 valence electrons. The van der Waals surface area contributed by atoms with E-state index in [1.165, 1.54) is 6.08 Å². The minimum absolute atomic E-state index is 0.131. The Kier molecular flexibility index (Phi) is 7.43. The number of nitrogens with one attached hydrogen (secondary N) is 1. The number of sulfone groups is 2. The van der Waals surface area contributed by atoms with Gasteiger partial charge in [-0.1, -0.05) is 24.3 Å². The predicted octanol–water partition coefficient (Wildman–Crippen LogP) is 0.767. The normalized spacial score (nSPS) is 22.5. The van der Waals surface area contributed by atoms with Crippen LogP contribution in [-0.4, -0.2) is 63.6 Å². The molecule has 5 rings (SSSR count). The van der Waals surface area contributed by atoms with E-state index in [-0.39, 0.29) is 34.9 Å². The lowest BCUT2D eigenvalue weighted by Crippen LogP contribution is -2.40. The van der Waals surface area contributed by atoms with Crippen LogP contribution in [0.15, 0.2) is 58.1 Å². The maximum absolute atomic E-state index is 12.8. The number of carbonyl (C=O) groups is 1. The van der Waals surface area contributed by atoms with Crippen molar-refractivity contribution in [1.29, 1.82) is 0 Å². The monoisotopic (exact) mass is 569 g/mol. The van der Waals surface area contributed by atoms with Crippen molar-refractivity contribution >= 4 is 37.5 Å². The first-order valence-electron chi connectivity index (χ1n) is 12.8. The third kappa shape index (κ3) is 6.27. The molecule has 1 aliphatic carbocycles. The van der Waals surface area contributed by atoms with Gasteiger partial charge in [0.2, 0.25) is 5.91 Å². The summed E-state index contributed by atoms with van der Waals surface area (Å²) in [5, 5.41) is 4.54. The zero-order valence-corrected chi connectivity index (χ0v) is 23.5. The van der Waals surface area contributed by atoms with Crippen LogP contribution in [0.25, 0.3) is 6.08 Å². The van der Waals surface area contributed by atoms with Crippen LogP contribution in [0.1, 0.15) is 37.2 Å². The topological polar surface area (TPSA) is 139 Å². The summed E-state index contributed by atoms with van der Waals surface area (Å²) in [5.41, 5.74) is 2.11. The minimum Gasteiger partial charge on any atom is -0.355 e. The highest BCUT2D eigenvalue weighted by Gasteiger charge is 2.25. The van der Waals surface area contributed by atoms with Gasteiger partial charge in [-0.25, -0.2) is 21.8 Å². The standard InChI is InChI=1S/C27H31N5O5S2/c1-18-6-7-19(14-25(18)38(2,34)35)27(33)29-17-21-15-24-20(16-28-21)8-9-23(30-24)22-4-3-5-26(31-22)32-10-12-39(36,37)13-11-32/h3-6,8,14-16,19,23H,7,9-13,17H2,1-2H3,(H,29,33). The van der Waals surface area contributed by atoms with E-state index in [2.05, 4.69) is 16.4 Å². The number of amides is 1. The number of aromatic nitrogens is 2. The van der Waals surface area contributed by atoms with Gasteiger partial charge in [-0.3, -0.25) is 14.8 Å². The fraction of sp³-hybridized carbons (Fsp3) is 0.407. The highest BCUT2D eigenvalue weighted by Crippen LogP contribution is 2.27. The molecule has 0 saturated carbocycles. The summed E-state index contributed by atoms with van der Waals surface area (Å²) in [6, 6.07) is 7.40. The minimum atomic E-state index is -3.41. The maximum atomic E-state index is 12.8. The molecule has 1 amide bonds. The van der Waals surface area contributed by atoms with Crippen molar-refractivity contribution in [1.82, 2.24) is 15.3 Å². The van der Waals surface area contributed by atoms with E-state index >= 15 is 0 Å². The van der Waals surface area contributed by atoms with Gasteiger partial charge >= 0.3 is 0 Å². The largest absolute Gasteiger partial charge is 0.355 e. The molecule has 0 radical (unpaired) electrons. The van der Waals surface area contributed by atoms with Crippen LogP contribution >= 0.6 is 0 Å². The molecule has 1 N–H and O–H groups in total. The molecule has 2 aromatic heterocycles. The Balaban J connectivity index is 1.29. The Bertz CT molecular complexity index is 1700. The van der Waals surface area contributed by atoms with E-state index < -0.39 is 25.6 Å². The van der Waals surface area contributed by atoms with Gasteiger partial charge in [0, 0.05) is 30.8 Å². The number of hydrogen-bond acceptors (Lipinski definition) is 9. The van der Waals surface area contributed by atoms with E-state index in [0.29, 0.717) is 37.2 Å². The predicted molar refractivity (Wildman–Crippen MR) is 149 cm³/mol. The number of nitrogens with zero attached hydrogens (tertiary/aromatic N) is 4. The van der Waals surface area contributed by atoms with E-state index in [0.717, 1.165) is 28.3 Å². The van der Waals surface area contributed by atoms with E-state index in [9.17, 15) is 21.6 Å². The number of carbonyl (C=O) groups excluding carboxylic acids is 1. The number of allylic oxidation sites excluding steroid dienone is 2. The number of anilines is 1. The third-order valence-corrected chi connectivity index (χ3v) is 10.1. The Morgan fingerprint density at radius 2 is 1.92 bits per heavy atom. The molecule has 3 aliphatic rings. The van der Waals surface area contributed by atoms with Gasteiger partial charge in [0.25, 0.3) is 0 Å². The van der Waals surface area contributed by atoms with Crippen molar-refractivity contribution in [2.24, 2.45) is 10.9 Å². The van der Waals surface area contributed by atoms with Gasteiger partial charge < -0.3 is 10.2 Å². The van der Waals surface area contributed by atoms with Gasteiger partial charge in [0.05, 0.1) is 51.7 Å². The smallest absolute Gasteiger partial charge is 0.227 e. The van der Waals surface area contributed by atoms with E-state index in [1.54, 1.807) is 19.2 Å². The Morgan fingerprint density at radius 1 is 1.15 bits per heavy atom. The van der Waals surface area contributed by atoms with Crippen LogP contribution < -0.4 is 20.8 Å². The Morgan fingerprint density at radius 3 is 2.67 bits per heavy atom. The molecular weight excluding hydrogens is 538 g/mol. The SMILES string of the molecule is CC1=CCC(C(=O)NCc2cc3c(cn2)=CCC(c2cccc(N4CCS(=O)(=O)CC4)n2)N=3)C=C1S(C)(=O)=O. The van der Waals surface area contributed by atoms with Crippen molar-refractivity contribution in [3.63, 3.8) is 0 Å². The van der Waals surface area contributed by atoms with Crippen molar-refractivity contribution in [2.75, 3.05) is 35.8 Å². The van der Waals surface area contributed by atoms with Gasteiger partial charge in [0.1, 0.15) is 5.82 Å². The second kappa shape index (κ2) is 10.6. The molecule has 0 bridgehead atoms. The van der Waals surface area contributed by atoms with Crippen LogP contribution in [-0.2, 0) is 31.0 Å². The molecule has 39 heavy (non-hydrogen) atoms. The lowest BCUT2D eigenvalue weighted by atomic mass is 9.96. The number of pyridine rings is 2. The number of hydrogen-bond donors (Lipinski definition) is 1. The molecule has 12 heteroatoms. The second-order valence-electron chi connectivity index (χ2n) is 10.1. The van der Waals surface area contributed by atoms with Crippen LogP contribution in [0.5, 0.6) is 0 Å². The van der Waals surface area contributed by atoms with Gasteiger partial charge in [-0.2, -0.15) is 0 Å². The van der Waals surface area contributed by atoms with E-state index in [4.69, 9.17) is 9.98 Å². The summed E-state index contributed by atoms with van der Waals surface area (Å²) in [6.07, 6.45) is 9.37. The van der Waals surface area contributed by atoms with Crippen LogP contribution in [0.2, 0.25) is 0 Å². The van der Waals surface area contributed by atoms with Gasteiger partial charge in [-0.05, 0) is 43.5 Å². The first-order valence-corrected chi connectivity index (χ1v) is 16.5. The molecule has 2 atom stereocenters. The zero-order chi connectivity index (χ0) is 27.8. The molecule has 10 nitrogen and oxygen atoms in total. The first-order chi connectivity index (χ1) is 18.5. The van der Waals surface area contributed by atoms with Gasteiger partial charge in [-0.15, -0.1) is 0 Å². The lowest BCUT2D eigenvalue weighted by Gasteiger charge is -2.28.